The molecule has 0 heterocycles. The first kappa shape index (κ1) is 17.5. The Morgan fingerprint density at radius 3 is 1.30 bits per heavy atom. The van der Waals surface area contributed by atoms with E-state index < -0.39 is 18.2 Å². The molecule has 0 unspecified atom stereocenters. The van der Waals surface area contributed by atoms with Gasteiger partial charge in [0.2, 0.25) is 0 Å². The number of hydrogen-bond donors (Lipinski definition) is 4. The van der Waals surface area contributed by atoms with Crippen molar-refractivity contribution >= 4 is 7.60 Å². The molecule has 0 atom stereocenters. The Bertz CT molecular complexity index is 683. The van der Waals surface area contributed by atoms with Gasteiger partial charge in [-0.3, -0.25) is 4.57 Å². The maximum Gasteiger partial charge on any atom is 0.332 e. The van der Waals surface area contributed by atoms with Gasteiger partial charge in [0.15, 0.2) is 0 Å². The largest absolute Gasteiger partial charge is 0.508 e. The summed E-state index contributed by atoms with van der Waals surface area (Å²) in [6.45, 7) is 4.80. The Morgan fingerprint density at radius 2 is 1.04 bits per heavy atom. The third-order valence-electron chi connectivity index (χ3n) is 4.84. The molecule has 4 N–H and O–H groups in total. The van der Waals surface area contributed by atoms with Crippen LogP contribution in [0.1, 0.15) is 31.9 Å². The Morgan fingerprint density at radius 1 is 0.739 bits per heavy atom. The lowest BCUT2D eigenvalue weighted by Crippen LogP contribution is -2.45. The van der Waals surface area contributed by atoms with Gasteiger partial charge in [-0.1, -0.05) is 31.2 Å². The average molecular weight is 336 g/mol. The van der Waals surface area contributed by atoms with E-state index in [1.54, 1.807) is 31.2 Å². The standard InChI is InChI=1S/C17H21O5P/c1-16(2,23(20,21)22)17(3,12-4-8-14(18)9-5-12)13-6-10-15(19)11-7-13/h4-11,18-19H,1-3H3,(H2,20,21,22). The van der Waals surface area contributed by atoms with Gasteiger partial charge in [0.1, 0.15) is 11.5 Å². The van der Waals surface area contributed by atoms with Crippen LogP contribution in [0, 0.1) is 0 Å². The summed E-state index contributed by atoms with van der Waals surface area (Å²) in [5, 5.41) is 17.6. The molecule has 0 radical (unpaired) electrons. The smallest absolute Gasteiger partial charge is 0.332 e. The molecular formula is C17H21O5P. The fourth-order valence-corrected chi connectivity index (χ4v) is 3.59. The van der Waals surface area contributed by atoms with E-state index in [4.69, 9.17) is 0 Å². The molecule has 0 saturated heterocycles. The van der Waals surface area contributed by atoms with E-state index >= 15 is 0 Å². The molecule has 0 aliphatic carbocycles. The molecule has 0 aromatic heterocycles. The number of aromatic hydroxyl groups is 2. The van der Waals surface area contributed by atoms with E-state index in [0.717, 1.165) is 0 Å². The van der Waals surface area contributed by atoms with Crippen molar-refractivity contribution in [2.75, 3.05) is 0 Å². The lowest BCUT2D eigenvalue weighted by molar-refractivity contribution is 0.294. The predicted octanol–water partition coefficient (Wildman–Crippen LogP) is 3.36. The van der Waals surface area contributed by atoms with Gasteiger partial charge in [-0.2, -0.15) is 0 Å². The summed E-state index contributed by atoms with van der Waals surface area (Å²) in [5.41, 5.74) is 0.289. The van der Waals surface area contributed by atoms with Crippen molar-refractivity contribution in [1.82, 2.24) is 0 Å². The van der Waals surface area contributed by atoms with Crippen molar-refractivity contribution in [1.29, 1.82) is 0 Å². The summed E-state index contributed by atoms with van der Waals surface area (Å²) in [4.78, 5) is 19.9. The van der Waals surface area contributed by atoms with Crippen molar-refractivity contribution in [3.05, 3.63) is 59.7 Å². The van der Waals surface area contributed by atoms with Gasteiger partial charge in [-0.25, -0.2) is 0 Å². The average Bonchev–Trinajstić information content (AvgIpc) is 2.46. The van der Waals surface area contributed by atoms with Gasteiger partial charge in [-0.05, 0) is 49.2 Å². The van der Waals surface area contributed by atoms with Crippen LogP contribution in [0.2, 0.25) is 0 Å². The van der Waals surface area contributed by atoms with Gasteiger partial charge in [0.05, 0.1) is 5.16 Å². The maximum atomic E-state index is 12.2. The highest BCUT2D eigenvalue weighted by Gasteiger charge is 2.54. The third kappa shape index (κ3) is 2.88. The van der Waals surface area contributed by atoms with Gasteiger partial charge in [0.25, 0.3) is 0 Å². The predicted molar refractivity (Wildman–Crippen MR) is 88.8 cm³/mol. The first-order chi connectivity index (χ1) is 10.5. The second-order valence-corrected chi connectivity index (χ2v) is 8.53. The second kappa shape index (κ2) is 5.68. The van der Waals surface area contributed by atoms with Crippen molar-refractivity contribution in [2.45, 2.75) is 31.3 Å². The van der Waals surface area contributed by atoms with Crippen LogP contribution in [-0.4, -0.2) is 25.2 Å². The van der Waals surface area contributed by atoms with Crippen LogP contribution in [0.3, 0.4) is 0 Å². The summed E-state index contributed by atoms with van der Waals surface area (Å²) >= 11 is 0. The van der Waals surface area contributed by atoms with Gasteiger partial charge in [0, 0.05) is 5.41 Å². The van der Waals surface area contributed by atoms with Gasteiger partial charge >= 0.3 is 7.60 Å². The Balaban J connectivity index is 2.76. The highest BCUT2D eigenvalue weighted by Crippen LogP contribution is 2.61. The minimum absolute atomic E-state index is 0.0794. The Hall–Kier alpha value is -1.81. The lowest BCUT2D eigenvalue weighted by Gasteiger charge is -2.45. The van der Waals surface area contributed by atoms with E-state index in [0.29, 0.717) is 11.1 Å². The normalized spacial score (nSPS) is 13.1. The van der Waals surface area contributed by atoms with E-state index in [-0.39, 0.29) is 11.5 Å². The third-order valence-corrected chi connectivity index (χ3v) is 6.74. The first-order valence-corrected chi connectivity index (χ1v) is 8.76. The van der Waals surface area contributed by atoms with Crippen LogP contribution in [0.5, 0.6) is 11.5 Å². The lowest BCUT2D eigenvalue weighted by atomic mass is 9.68. The van der Waals surface area contributed by atoms with E-state index in [1.165, 1.54) is 38.1 Å². The molecule has 0 aliphatic heterocycles. The monoisotopic (exact) mass is 336 g/mol. The number of phenols is 2. The highest BCUT2D eigenvalue weighted by atomic mass is 31.2. The van der Waals surface area contributed by atoms with Crippen LogP contribution in [0.25, 0.3) is 0 Å². The Kier molecular flexibility index (Phi) is 4.33. The molecule has 0 fully saturated rings. The quantitative estimate of drug-likeness (QED) is 0.642. The fourth-order valence-electron chi connectivity index (χ4n) is 2.75. The van der Waals surface area contributed by atoms with Crippen molar-refractivity contribution in [3.8, 4) is 11.5 Å². The molecule has 124 valence electrons. The van der Waals surface area contributed by atoms with Crippen molar-refractivity contribution in [2.24, 2.45) is 0 Å². The molecule has 2 rings (SSSR count). The molecule has 0 aliphatic rings. The van der Waals surface area contributed by atoms with Gasteiger partial charge < -0.3 is 20.0 Å². The minimum atomic E-state index is -4.47. The zero-order valence-electron chi connectivity index (χ0n) is 13.3. The van der Waals surface area contributed by atoms with E-state index in [1.807, 2.05) is 0 Å². The molecule has 6 heteroatoms. The molecule has 5 nitrogen and oxygen atoms in total. The van der Waals surface area contributed by atoms with Gasteiger partial charge in [-0.15, -0.1) is 0 Å². The molecule has 2 aromatic rings. The summed E-state index contributed by atoms with van der Waals surface area (Å²) in [6, 6.07) is 12.6. The van der Waals surface area contributed by atoms with Crippen LogP contribution in [-0.2, 0) is 9.98 Å². The number of hydrogen-bond acceptors (Lipinski definition) is 3. The number of phenolic OH excluding ortho intramolecular Hbond substituents is 2. The zero-order valence-corrected chi connectivity index (χ0v) is 14.2. The summed E-state index contributed by atoms with van der Waals surface area (Å²) in [5.74, 6) is 0.159. The molecular weight excluding hydrogens is 315 g/mol. The maximum absolute atomic E-state index is 12.2. The summed E-state index contributed by atoms with van der Waals surface area (Å²) in [6.07, 6.45) is 0. The molecule has 2 aromatic carbocycles. The topological polar surface area (TPSA) is 98.0 Å². The molecule has 0 saturated carbocycles. The van der Waals surface area contributed by atoms with Crippen LogP contribution in [0.15, 0.2) is 48.5 Å². The van der Waals surface area contributed by atoms with Crippen LogP contribution < -0.4 is 0 Å². The van der Waals surface area contributed by atoms with E-state index in [9.17, 15) is 24.6 Å². The molecule has 0 spiro atoms. The number of benzene rings is 2. The Labute approximate surface area is 135 Å². The van der Waals surface area contributed by atoms with Crippen molar-refractivity contribution < 1.29 is 24.6 Å². The second-order valence-electron chi connectivity index (χ2n) is 6.32. The molecule has 0 amide bonds. The van der Waals surface area contributed by atoms with E-state index in [2.05, 4.69) is 0 Å². The summed E-state index contributed by atoms with van der Waals surface area (Å²) in [7, 11) is -4.47. The zero-order chi connectivity index (χ0) is 17.5. The summed E-state index contributed by atoms with van der Waals surface area (Å²) < 4.78 is 12.2. The van der Waals surface area contributed by atoms with Crippen molar-refractivity contribution in [3.63, 3.8) is 0 Å². The molecule has 23 heavy (non-hydrogen) atoms. The number of rotatable bonds is 4. The first-order valence-electron chi connectivity index (χ1n) is 7.15. The fraction of sp³-hybridized carbons (Fsp3) is 0.294. The van der Waals surface area contributed by atoms with Crippen LogP contribution >= 0.6 is 7.60 Å². The molecule has 0 bridgehead atoms. The SMILES string of the molecule is CC(c1ccc(O)cc1)(c1ccc(O)cc1)C(C)(C)P(=O)(O)O. The highest BCUT2D eigenvalue weighted by molar-refractivity contribution is 7.53. The van der Waals surface area contributed by atoms with Crippen LogP contribution in [0.4, 0.5) is 0 Å². The minimum Gasteiger partial charge on any atom is -0.508 e.